The van der Waals surface area contributed by atoms with E-state index in [0.29, 0.717) is 11.4 Å². The average molecular weight is 182 g/mol. The summed E-state index contributed by atoms with van der Waals surface area (Å²) in [4.78, 5) is 10.7. The molecule has 1 heterocycles. The third-order valence-electron chi connectivity index (χ3n) is 1.09. The van der Waals surface area contributed by atoms with E-state index in [1.165, 1.54) is 0 Å². The van der Waals surface area contributed by atoms with Gasteiger partial charge in [0.1, 0.15) is 5.82 Å². The maximum Gasteiger partial charge on any atom is 0.253 e. The van der Waals surface area contributed by atoms with Crippen LogP contribution in [0.15, 0.2) is 24.2 Å². The van der Waals surface area contributed by atoms with Crippen molar-refractivity contribution in [3.63, 3.8) is 0 Å². The maximum absolute atomic E-state index is 10.7. The van der Waals surface area contributed by atoms with Gasteiger partial charge in [0.15, 0.2) is 0 Å². The van der Waals surface area contributed by atoms with E-state index in [9.17, 15) is 4.79 Å². The molecule has 0 radical (unpaired) electrons. The lowest BCUT2D eigenvalue weighted by molar-refractivity contribution is -0.117. The zero-order chi connectivity index (χ0) is 10.4. The van der Waals surface area contributed by atoms with Crippen molar-refractivity contribution in [1.82, 2.24) is 10.6 Å². The second-order valence-corrected chi connectivity index (χ2v) is 3.64. The molecule has 0 bridgehead atoms. The van der Waals surface area contributed by atoms with Crippen molar-refractivity contribution in [3.8, 4) is 0 Å². The van der Waals surface area contributed by atoms with Crippen LogP contribution in [-0.2, 0) is 4.79 Å². The molecule has 0 aliphatic carbocycles. The molecule has 74 valence electrons. The van der Waals surface area contributed by atoms with Gasteiger partial charge in [0.05, 0.1) is 0 Å². The number of rotatable bonds is 0. The molecule has 13 heavy (non-hydrogen) atoms. The van der Waals surface area contributed by atoms with Gasteiger partial charge >= 0.3 is 0 Å². The van der Waals surface area contributed by atoms with Gasteiger partial charge in [0.25, 0.3) is 5.91 Å². The predicted molar refractivity (Wildman–Crippen MR) is 54.7 cm³/mol. The summed E-state index contributed by atoms with van der Waals surface area (Å²) in [6, 6.07) is 0. The van der Waals surface area contributed by atoms with E-state index >= 15 is 0 Å². The second-order valence-electron chi connectivity index (χ2n) is 3.64. The first kappa shape index (κ1) is 11.8. The fourth-order valence-electron chi connectivity index (χ4n) is 0.533. The highest BCUT2D eigenvalue weighted by atomic mass is 16.1. The van der Waals surface area contributed by atoms with Gasteiger partial charge in [0.2, 0.25) is 0 Å². The molecule has 0 fully saturated rings. The van der Waals surface area contributed by atoms with Crippen LogP contribution in [0, 0.1) is 5.92 Å². The number of amides is 1. The van der Waals surface area contributed by atoms with Crippen molar-refractivity contribution in [2.75, 3.05) is 0 Å². The highest BCUT2D eigenvalue weighted by molar-refractivity contribution is 5.94. The Labute approximate surface area is 79.9 Å². The normalized spacial score (nSPS) is 15.3. The van der Waals surface area contributed by atoms with Crippen molar-refractivity contribution in [3.05, 3.63) is 24.2 Å². The molecule has 0 atom stereocenters. The van der Waals surface area contributed by atoms with E-state index in [4.69, 9.17) is 0 Å². The Morgan fingerprint density at radius 3 is 2.15 bits per heavy atom. The standard InChI is InChI=1S/C6H8N2O.C4H10/c1-4-3-7-5(2)8-6(4)9;1-4(2)3/h3,7H,2H2,1H3,(H,8,9);4H,1-3H3. The minimum atomic E-state index is -0.0845. The summed E-state index contributed by atoms with van der Waals surface area (Å²) in [5.74, 6) is 1.28. The lowest BCUT2D eigenvalue weighted by Crippen LogP contribution is -2.33. The van der Waals surface area contributed by atoms with Gasteiger partial charge in [-0.05, 0) is 12.8 Å². The van der Waals surface area contributed by atoms with Crippen molar-refractivity contribution < 1.29 is 4.79 Å². The van der Waals surface area contributed by atoms with E-state index in [0.717, 1.165) is 5.92 Å². The summed E-state index contributed by atoms with van der Waals surface area (Å²) in [6.07, 6.45) is 1.63. The Balaban J connectivity index is 0.000000310. The Morgan fingerprint density at radius 2 is 1.85 bits per heavy atom. The molecule has 0 aromatic carbocycles. The summed E-state index contributed by atoms with van der Waals surface area (Å²) in [7, 11) is 0. The third kappa shape index (κ3) is 5.96. The SMILES string of the molecule is C=C1NC=C(C)C(=O)N1.CC(C)C. The fraction of sp³-hybridized carbons (Fsp3) is 0.500. The summed E-state index contributed by atoms with van der Waals surface area (Å²) in [5.41, 5.74) is 0.669. The van der Waals surface area contributed by atoms with E-state index in [1.54, 1.807) is 13.1 Å². The molecular weight excluding hydrogens is 164 g/mol. The monoisotopic (exact) mass is 182 g/mol. The van der Waals surface area contributed by atoms with Gasteiger partial charge in [-0.3, -0.25) is 4.79 Å². The van der Waals surface area contributed by atoms with Crippen LogP contribution in [0.4, 0.5) is 0 Å². The first-order chi connectivity index (χ1) is 5.93. The van der Waals surface area contributed by atoms with Gasteiger partial charge in [0, 0.05) is 11.8 Å². The van der Waals surface area contributed by atoms with Gasteiger partial charge in [-0.15, -0.1) is 0 Å². The lowest BCUT2D eigenvalue weighted by Gasteiger charge is -2.13. The number of hydrogen-bond donors (Lipinski definition) is 2. The van der Waals surface area contributed by atoms with Crippen LogP contribution in [0.5, 0.6) is 0 Å². The molecule has 0 spiro atoms. The molecule has 3 nitrogen and oxygen atoms in total. The summed E-state index contributed by atoms with van der Waals surface area (Å²) >= 11 is 0. The quantitative estimate of drug-likeness (QED) is 0.599. The van der Waals surface area contributed by atoms with Gasteiger partial charge in [-0.2, -0.15) is 0 Å². The number of carbonyl (C=O) groups is 1. The minimum Gasteiger partial charge on any atom is -0.348 e. The van der Waals surface area contributed by atoms with Gasteiger partial charge in [-0.1, -0.05) is 27.4 Å². The zero-order valence-electron chi connectivity index (χ0n) is 8.77. The van der Waals surface area contributed by atoms with E-state index in [1.807, 2.05) is 0 Å². The molecule has 1 aliphatic rings. The molecule has 1 aliphatic heterocycles. The zero-order valence-corrected chi connectivity index (χ0v) is 8.77. The third-order valence-corrected chi connectivity index (χ3v) is 1.09. The lowest BCUT2D eigenvalue weighted by atomic mass is 10.3. The Hall–Kier alpha value is -1.25. The highest BCUT2D eigenvalue weighted by Gasteiger charge is 2.08. The molecule has 2 N–H and O–H groups in total. The van der Waals surface area contributed by atoms with Crippen molar-refractivity contribution in [1.29, 1.82) is 0 Å². The minimum absolute atomic E-state index is 0.0845. The number of carbonyl (C=O) groups excluding carboxylic acids is 1. The van der Waals surface area contributed by atoms with Crippen LogP contribution >= 0.6 is 0 Å². The molecule has 0 aromatic rings. The fourth-order valence-corrected chi connectivity index (χ4v) is 0.533. The number of nitrogens with one attached hydrogen (secondary N) is 2. The van der Waals surface area contributed by atoms with Crippen LogP contribution in [0.3, 0.4) is 0 Å². The molecule has 1 amide bonds. The largest absolute Gasteiger partial charge is 0.348 e. The average Bonchev–Trinajstić information content (AvgIpc) is 1.96. The molecule has 0 aromatic heterocycles. The maximum atomic E-state index is 10.7. The molecule has 0 unspecified atom stereocenters. The molecule has 3 heteroatoms. The smallest absolute Gasteiger partial charge is 0.253 e. The van der Waals surface area contributed by atoms with Crippen LogP contribution in [-0.4, -0.2) is 5.91 Å². The van der Waals surface area contributed by atoms with Crippen LogP contribution in [0.1, 0.15) is 27.7 Å². The van der Waals surface area contributed by atoms with Crippen molar-refractivity contribution >= 4 is 5.91 Å². The first-order valence-electron chi connectivity index (χ1n) is 4.37. The summed E-state index contributed by atoms with van der Waals surface area (Å²) in [5, 5.41) is 5.29. The predicted octanol–water partition coefficient (Wildman–Crippen LogP) is 1.74. The number of hydrogen-bond acceptors (Lipinski definition) is 2. The molecule has 0 saturated heterocycles. The highest BCUT2D eigenvalue weighted by Crippen LogP contribution is 1.96. The Bertz CT molecular complexity index is 226. The van der Waals surface area contributed by atoms with E-state index in [2.05, 4.69) is 38.0 Å². The molecular formula is C10H18N2O. The topological polar surface area (TPSA) is 41.1 Å². The molecule has 0 saturated carbocycles. The van der Waals surface area contributed by atoms with Crippen LogP contribution in [0.25, 0.3) is 0 Å². The van der Waals surface area contributed by atoms with Gasteiger partial charge < -0.3 is 10.6 Å². The summed E-state index contributed by atoms with van der Waals surface area (Å²) < 4.78 is 0. The van der Waals surface area contributed by atoms with E-state index < -0.39 is 0 Å². The summed E-state index contributed by atoms with van der Waals surface area (Å²) in [6.45, 7) is 11.7. The second kappa shape index (κ2) is 5.41. The van der Waals surface area contributed by atoms with Crippen LogP contribution in [0.2, 0.25) is 0 Å². The Kier molecular flexibility index (Phi) is 4.89. The van der Waals surface area contributed by atoms with Crippen LogP contribution < -0.4 is 10.6 Å². The van der Waals surface area contributed by atoms with E-state index in [-0.39, 0.29) is 5.91 Å². The Morgan fingerprint density at radius 1 is 1.38 bits per heavy atom. The van der Waals surface area contributed by atoms with Crippen molar-refractivity contribution in [2.24, 2.45) is 5.92 Å². The van der Waals surface area contributed by atoms with Gasteiger partial charge in [-0.25, -0.2) is 0 Å². The van der Waals surface area contributed by atoms with Crippen molar-refractivity contribution in [2.45, 2.75) is 27.7 Å². The molecule has 1 rings (SSSR count). The first-order valence-corrected chi connectivity index (χ1v) is 4.37.